The third kappa shape index (κ3) is 4.11. The Hall–Kier alpha value is -1.26. The predicted octanol–water partition coefficient (Wildman–Crippen LogP) is 1.46. The van der Waals surface area contributed by atoms with Gasteiger partial charge in [0.05, 0.1) is 7.11 Å². The van der Waals surface area contributed by atoms with Crippen molar-refractivity contribution in [2.45, 2.75) is 12.8 Å². The molecule has 4 heteroatoms. The van der Waals surface area contributed by atoms with E-state index in [1.165, 1.54) is 44.7 Å². The van der Waals surface area contributed by atoms with Gasteiger partial charge in [-0.25, -0.2) is 0 Å². The molecule has 0 unspecified atom stereocenters. The summed E-state index contributed by atoms with van der Waals surface area (Å²) in [4.78, 5) is 4.93. The van der Waals surface area contributed by atoms with E-state index in [-0.39, 0.29) is 0 Å². The highest BCUT2D eigenvalue weighted by Gasteiger charge is 2.13. The summed E-state index contributed by atoms with van der Waals surface area (Å²) >= 11 is 0. The maximum Gasteiger partial charge on any atom is 0.124 e. The van der Waals surface area contributed by atoms with Gasteiger partial charge < -0.3 is 20.3 Å². The van der Waals surface area contributed by atoms with Gasteiger partial charge in [-0.2, -0.15) is 0 Å². The van der Waals surface area contributed by atoms with Crippen LogP contribution in [0.15, 0.2) is 18.2 Å². The normalized spacial score (nSPS) is 17.6. The van der Waals surface area contributed by atoms with Crippen LogP contribution in [0, 0.1) is 0 Å². The first kappa shape index (κ1) is 14.2. The smallest absolute Gasteiger partial charge is 0.124 e. The first-order valence-electron chi connectivity index (χ1n) is 7.02. The third-order valence-electron chi connectivity index (χ3n) is 3.83. The Morgan fingerprint density at radius 1 is 1.21 bits per heavy atom. The van der Waals surface area contributed by atoms with Gasteiger partial charge in [0.1, 0.15) is 5.75 Å². The minimum Gasteiger partial charge on any atom is -0.496 e. The van der Waals surface area contributed by atoms with Crippen LogP contribution < -0.4 is 10.5 Å². The molecule has 0 atom stereocenters. The van der Waals surface area contributed by atoms with Gasteiger partial charge in [-0.3, -0.25) is 0 Å². The van der Waals surface area contributed by atoms with Crippen LogP contribution in [-0.2, 0) is 6.42 Å². The lowest BCUT2D eigenvalue weighted by Crippen LogP contribution is -2.44. The van der Waals surface area contributed by atoms with Crippen LogP contribution in [0.1, 0.15) is 12.0 Å². The number of aryl methyl sites for hydroxylation is 1. The van der Waals surface area contributed by atoms with Crippen molar-refractivity contribution in [3.8, 4) is 5.75 Å². The second-order valence-electron chi connectivity index (χ2n) is 5.32. The Balaban J connectivity index is 1.79. The van der Waals surface area contributed by atoms with Gasteiger partial charge >= 0.3 is 0 Å². The number of piperazine rings is 1. The van der Waals surface area contributed by atoms with Crippen molar-refractivity contribution >= 4 is 5.69 Å². The van der Waals surface area contributed by atoms with E-state index >= 15 is 0 Å². The summed E-state index contributed by atoms with van der Waals surface area (Å²) in [5, 5.41) is 0. The van der Waals surface area contributed by atoms with Crippen molar-refractivity contribution in [3.63, 3.8) is 0 Å². The number of nitrogens with two attached hydrogens (primary N) is 1. The van der Waals surface area contributed by atoms with Gasteiger partial charge in [0.25, 0.3) is 0 Å². The fourth-order valence-corrected chi connectivity index (χ4v) is 2.53. The number of methoxy groups -OCH3 is 1. The fourth-order valence-electron chi connectivity index (χ4n) is 2.53. The zero-order valence-electron chi connectivity index (χ0n) is 12.1. The number of ether oxygens (including phenoxy) is 1. The number of hydrogen-bond donors (Lipinski definition) is 1. The molecule has 0 saturated carbocycles. The Kier molecular flexibility index (Phi) is 5.05. The Morgan fingerprint density at radius 3 is 2.63 bits per heavy atom. The minimum absolute atomic E-state index is 0.764. The molecule has 1 aromatic carbocycles. The van der Waals surface area contributed by atoms with Crippen LogP contribution in [0.2, 0.25) is 0 Å². The number of anilines is 1. The van der Waals surface area contributed by atoms with E-state index in [0.29, 0.717) is 0 Å². The molecule has 19 heavy (non-hydrogen) atoms. The predicted molar refractivity (Wildman–Crippen MR) is 79.7 cm³/mol. The molecule has 4 nitrogen and oxygen atoms in total. The number of benzene rings is 1. The van der Waals surface area contributed by atoms with E-state index in [1.54, 1.807) is 7.11 Å². The van der Waals surface area contributed by atoms with Crippen molar-refractivity contribution in [3.05, 3.63) is 23.8 Å². The summed E-state index contributed by atoms with van der Waals surface area (Å²) in [6.07, 6.45) is 2.22. The average Bonchev–Trinajstić information content (AvgIpc) is 2.42. The topological polar surface area (TPSA) is 41.7 Å². The largest absolute Gasteiger partial charge is 0.496 e. The van der Waals surface area contributed by atoms with Crippen molar-refractivity contribution in [1.82, 2.24) is 9.80 Å². The van der Waals surface area contributed by atoms with Gasteiger partial charge in [0.2, 0.25) is 0 Å². The van der Waals surface area contributed by atoms with E-state index in [1.807, 2.05) is 12.1 Å². The molecule has 0 radical (unpaired) electrons. The Bertz CT molecular complexity index is 400. The average molecular weight is 263 g/mol. The van der Waals surface area contributed by atoms with Crippen LogP contribution in [-0.4, -0.2) is 56.7 Å². The monoisotopic (exact) mass is 263 g/mol. The SMILES string of the molecule is COc1cc(N)ccc1CCCN1CCN(C)CC1. The number of hydrogen-bond acceptors (Lipinski definition) is 4. The summed E-state index contributed by atoms with van der Waals surface area (Å²) in [5.74, 6) is 0.915. The van der Waals surface area contributed by atoms with Crippen molar-refractivity contribution in [1.29, 1.82) is 0 Å². The lowest BCUT2D eigenvalue weighted by atomic mass is 10.1. The summed E-state index contributed by atoms with van der Waals surface area (Å²) in [7, 11) is 3.90. The molecule has 1 aromatic rings. The Morgan fingerprint density at radius 2 is 1.95 bits per heavy atom. The second kappa shape index (κ2) is 6.78. The maximum atomic E-state index is 5.77. The highest BCUT2D eigenvalue weighted by molar-refractivity contribution is 5.48. The van der Waals surface area contributed by atoms with Crippen LogP contribution in [0.4, 0.5) is 5.69 Å². The molecule has 1 saturated heterocycles. The standard InChI is InChI=1S/C15H25N3O/c1-17-8-10-18(11-9-17)7-3-4-13-5-6-14(16)12-15(13)19-2/h5-6,12H,3-4,7-11,16H2,1-2H3. The second-order valence-corrected chi connectivity index (χ2v) is 5.32. The van der Waals surface area contributed by atoms with Gasteiger partial charge in [-0.05, 0) is 38.1 Å². The molecule has 1 heterocycles. The number of nitrogen functional groups attached to an aromatic ring is 1. The van der Waals surface area contributed by atoms with Crippen LogP contribution in [0.25, 0.3) is 0 Å². The summed E-state index contributed by atoms with van der Waals surface area (Å²) < 4.78 is 5.38. The molecule has 0 bridgehead atoms. The molecule has 2 rings (SSSR count). The van der Waals surface area contributed by atoms with Gasteiger partial charge in [0, 0.05) is 37.9 Å². The first-order chi connectivity index (χ1) is 9.19. The molecular weight excluding hydrogens is 238 g/mol. The zero-order chi connectivity index (χ0) is 13.7. The highest BCUT2D eigenvalue weighted by Crippen LogP contribution is 2.22. The summed E-state index contributed by atoms with van der Waals surface area (Å²) in [6.45, 7) is 5.92. The molecule has 0 spiro atoms. The maximum absolute atomic E-state index is 5.77. The van der Waals surface area contributed by atoms with Crippen LogP contribution >= 0.6 is 0 Å². The van der Waals surface area contributed by atoms with E-state index < -0.39 is 0 Å². The van der Waals surface area contributed by atoms with E-state index in [2.05, 4.69) is 22.9 Å². The molecule has 0 aromatic heterocycles. The number of rotatable bonds is 5. The van der Waals surface area contributed by atoms with Gasteiger partial charge in [-0.15, -0.1) is 0 Å². The molecule has 0 amide bonds. The third-order valence-corrected chi connectivity index (χ3v) is 3.83. The fraction of sp³-hybridized carbons (Fsp3) is 0.600. The molecule has 2 N–H and O–H groups in total. The first-order valence-corrected chi connectivity index (χ1v) is 7.02. The van der Waals surface area contributed by atoms with E-state index in [0.717, 1.165) is 17.9 Å². The van der Waals surface area contributed by atoms with Crippen molar-refractivity contribution in [2.75, 3.05) is 52.6 Å². The van der Waals surface area contributed by atoms with E-state index in [9.17, 15) is 0 Å². The van der Waals surface area contributed by atoms with Crippen molar-refractivity contribution < 1.29 is 4.74 Å². The quantitative estimate of drug-likeness (QED) is 0.817. The van der Waals surface area contributed by atoms with Gasteiger partial charge in [-0.1, -0.05) is 6.07 Å². The van der Waals surface area contributed by atoms with Gasteiger partial charge in [0.15, 0.2) is 0 Å². The summed E-state index contributed by atoms with van der Waals surface area (Å²) in [6, 6.07) is 5.94. The summed E-state index contributed by atoms with van der Waals surface area (Å²) in [5.41, 5.74) is 7.79. The molecule has 1 fully saturated rings. The van der Waals surface area contributed by atoms with Crippen molar-refractivity contribution in [2.24, 2.45) is 0 Å². The zero-order valence-corrected chi connectivity index (χ0v) is 12.1. The molecule has 0 aliphatic carbocycles. The minimum atomic E-state index is 0.764. The van der Waals surface area contributed by atoms with E-state index in [4.69, 9.17) is 10.5 Å². The molecular formula is C15H25N3O. The van der Waals surface area contributed by atoms with Crippen LogP contribution in [0.5, 0.6) is 5.75 Å². The number of likely N-dealkylation sites (N-methyl/N-ethyl adjacent to an activating group) is 1. The Labute approximate surface area is 116 Å². The van der Waals surface area contributed by atoms with Crippen LogP contribution in [0.3, 0.4) is 0 Å². The number of nitrogens with zero attached hydrogens (tertiary/aromatic N) is 2. The molecule has 1 aliphatic rings. The molecule has 1 aliphatic heterocycles. The molecule has 106 valence electrons. The lowest BCUT2D eigenvalue weighted by molar-refractivity contribution is 0.153. The highest BCUT2D eigenvalue weighted by atomic mass is 16.5. The lowest BCUT2D eigenvalue weighted by Gasteiger charge is -2.32.